The predicted molar refractivity (Wildman–Crippen MR) is 90.3 cm³/mol. The summed E-state index contributed by atoms with van der Waals surface area (Å²) in [4.78, 5) is 11.9. The van der Waals surface area contributed by atoms with Crippen LogP contribution in [-0.2, 0) is 0 Å². The Balaban J connectivity index is 1.79. The summed E-state index contributed by atoms with van der Waals surface area (Å²) >= 11 is 0. The molecule has 1 heterocycles. The molecule has 0 fully saturated rings. The second kappa shape index (κ2) is 8.33. The third kappa shape index (κ3) is 4.82. The predicted octanol–water partition coefficient (Wildman–Crippen LogP) is 3.10. The standard InChI is InChI=1S/C17H24N4O2/c1-3-13(2)21-16(10-12-19-21)20-17(23)18-11-9-15(22)14-7-5-4-6-8-14/h4-8,10,12-13,15,22H,3,9,11H2,1-2H3,(H2,18,20,23). The minimum atomic E-state index is -0.581. The topological polar surface area (TPSA) is 79.2 Å². The van der Waals surface area contributed by atoms with E-state index >= 15 is 0 Å². The molecule has 23 heavy (non-hydrogen) atoms. The van der Waals surface area contributed by atoms with Crippen LogP contribution in [0.1, 0.15) is 44.4 Å². The van der Waals surface area contributed by atoms with Crippen molar-refractivity contribution < 1.29 is 9.90 Å². The van der Waals surface area contributed by atoms with Gasteiger partial charge >= 0.3 is 6.03 Å². The zero-order valence-electron chi connectivity index (χ0n) is 13.6. The Morgan fingerprint density at radius 2 is 2.04 bits per heavy atom. The average Bonchev–Trinajstić information content (AvgIpc) is 3.02. The lowest BCUT2D eigenvalue weighted by Crippen LogP contribution is -2.31. The molecule has 6 heteroatoms. The molecule has 2 atom stereocenters. The summed E-state index contributed by atoms with van der Waals surface area (Å²) in [7, 11) is 0. The van der Waals surface area contributed by atoms with Crippen molar-refractivity contribution in [1.82, 2.24) is 15.1 Å². The lowest BCUT2D eigenvalue weighted by Gasteiger charge is -2.15. The summed E-state index contributed by atoms with van der Waals surface area (Å²) in [5.74, 6) is 0.667. The van der Waals surface area contributed by atoms with E-state index in [2.05, 4.69) is 22.7 Å². The maximum Gasteiger partial charge on any atom is 0.320 e. The summed E-state index contributed by atoms with van der Waals surface area (Å²) < 4.78 is 1.79. The maximum atomic E-state index is 11.9. The Bertz CT molecular complexity index is 612. The van der Waals surface area contributed by atoms with Crippen molar-refractivity contribution in [1.29, 1.82) is 0 Å². The number of aliphatic hydroxyl groups is 1. The lowest BCUT2D eigenvalue weighted by molar-refractivity contribution is 0.167. The highest BCUT2D eigenvalue weighted by atomic mass is 16.3. The Morgan fingerprint density at radius 1 is 1.30 bits per heavy atom. The van der Waals surface area contributed by atoms with E-state index in [0.717, 1.165) is 12.0 Å². The van der Waals surface area contributed by atoms with E-state index in [-0.39, 0.29) is 12.1 Å². The Morgan fingerprint density at radius 3 is 2.74 bits per heavy atom. The quantitative estimate of drug-likeness (QED) is 0.734. The number of benzene rings is 1. The zero-order valence-corrected chi connectivity index (χ0v) is 13.6. The van der Waals surface area contributed by atoms with Crippen molar-refractivity contribution in [2.45, 2.75) is 38.8 Å². The highest BCUT2D eigenvalue weighted by Gasteiger charge is 2.12. The number of aliphatic hydroxyl groups excluding tert-OH is 1. The normalized spacial score (nSPS) is 13.3. The number of nitrogens with zero attached hydrogens (tertiary/aromatic N) is 2. The number of hydrogen-bond acceptors (Lipinski definition) is 3. The van der Waals surface area contributed by atoms with Gasteiger partial charge in [-0.1, -0.05) is 37.3 Å². The number of rotatable bonds is 7. The van der Waals surface area contributed by atoms with Gasteiger partial charge in [-0.25, -0.2) is 9.48 Å². The van der Waals surface area contributed by atoms with Gasteiger partial charge in [0.25, 0.3) is 0 Å². The molecule has 3 N–H and O–H groups in total. The van der Waals surface area contributed by atoms with Crippen LogP contribution in [0.25, 0.3) is 0 Å². The molecule has 0 spiro atoms. The first-order valence-corrected chi connectivity index (χ1v) is 7.93. The molecule has 2 rings (SSSR count). The number of nitrogens with one attached hydrogen (secondary N) is 2. The van der Waals surface area contributed by atoms with Crippen LogP contribution in [0.4, 0.5) is 10.6 Å². The van der Waals surface area contributed by atoms with Crippen LogP contribution in [0.2, 0.25) is 0 Å². The van der Waals surface area contributed by atoms with Crippen LogP contribution in [0.3, 0.4) is 0 Å². The van der Waals surface area contributed by atoms with Crippen LogP contribution < -0.4 is 10.6 Å². The number of carbonyl (C=O) groups is 1. The van der Waals surface area contributed by atoms with Crippen molar-refractivity contribution in [3.63, 3.8) is 0 Å². The summed E-state index contributed by atoms with van der Waals surface area (Å²) in [6.45, 7) is 4.51. The van der Waals surface area contributed by atoms with E-state index in [1.807, 2.05) is 37.3 Å². The third-order valence-corrected chi connectivity index (χ3v) is 3.81. The number of urea groups is 1. The largest absolute Gasteiger partial charge is 0.388 e. The summed E-state index contributed by atoms with van der Waals surface area (Å²) in [6, 6.07) is 11.1. The molecule has 0 radical (unpaired) electrons. The van der Waals surface area contributed by atoms with Gasteiger partial charge < -0.3 is 10.4 Å². The highest BCUT2D eigenvalue weighted by molar-refractivity contribution is 5.88. The summed E-state index contributed by atoms with van der Waals surface area (Å²) in [6.07, 6.45) is 2.48. The molecule has 0 aliphatic rings. The van der Waals surface area contributed by atoms with E-state index < -0.39 is 6.10 Å². The molecular formula is C17H24N4O2. The Labute approximate surface area is 136 Å². The van der Waals surface area contributed by atoms with Gasteiger partial charge in [0.05, 0.1) is 18.3 Å². The molecule has 124 valence electrons. The molecule has 1 aromatic heterocycles. The van der Waals surface area contributed by atoms with Gasteiger partial charge in [0, 0.05) is 12.6 Å². The average molecular weight is 316 g/mol. The van der Waals surface area contributed by atoms with Crippen LogP contribution in [0, 0.1) is 0 Å². The van der Waals surface area contributed by atoms with Crippen LogP contribution >= 0.6 is 0 Å². The first-order valence-electron chi connectivity index (χ1n) is 7.93. The van der Waals surface area contributed by atoms with E-state index in [9.17, 15) is 9.90 Å². The lowest BCUT2D eigenvalue weighted by atomic mass is 10.1. The number of carbonyl (C=O) groups excluding carboxylic acids is 1. The van der Waals surface area contributed by atoms with Gasteiger partial charge in [0.1, 0.15) is 5.82 Å². The van der Waals surface area contributed by atoms with Gasteiger partial charge in [-0.05, 0) is 25.3 Å². The van der Waals surface area contributed by atoms with Crippen LogP contribution in [-0.4, -0.2) is 27.5 Å². The number of amides is 2. The minimum absolute atomic E-state index is 0.222. The number of anilines is 1. The van der Waals surface area contributed by atoms with Crippen molar-refractivity contribution in [3.05, 3.63) is 48.2 Å². The van der Waals surface area contributed by atoms with Crippen molar-refractivity contribution in [2.75, 3.05) is 11.9 Å². The third-order valence-electron chi connectivity index (χ3n) is 3.81. The van der Waals surface area contributed by atoms with Crippen molar-refractivity contribution in [3.8, 4) is 0 Å². The Kier molecular flexibility index (Phi) is 6.17. The van der Waals surface area contributed by atoms with E-state index in [1.165, 1.54) is 0 Å². The van der Waals surface area contributed by atoms with Gasteiger partial charge in [0.15, 0.2) is 0 Å². The van der Waals surface area contributed by atoms with E-state index in [4.69, 9.17) is 0 Å². The molecule has 2 aromatic rings. The molecule has 0 saturated heterocycles. The van der Waals surface area contributed by atoms with Crippen LogP contribution in [0.15, 0.2) is 42.6 Å². The van der Waals surface area contributed by atoms with Gasteiger partial charge in [-0.3, -0.25) is 5.32 Å². The monoisotopic (exact) mass is 316 g/mol. The second-order valence-electron chi connectivity index (χ2n) is 5.51. The molecule has 0 aliphatic carbocycles. The molecule has 0 aliphatic heterocycles. The molecular weight excluding hydrogens is 292 g/mol. The number of hydrogen-bond donors (Lipinski definition) is 3. The Hall–Kier alpha value is -2.34. The summed E-state index contributed by atoms with van der Waals surface area (Å²) in [5.41, 5.74) is 0.851. The fraction of sp³-hybridized carbons (Fsp3) is 0.412. The molecule has 6 nitrogen and oxygen atoms in total. The second-order valence-corrected chi connectivity index (χ2v) is 5.51. The zero-order chi connectivity index (χ0) is 16.7. The fourth-order valence-corrected chi connectivity index (χ4v) is 2.26. The molecule has 0 saturated carbocycles. The first kappa shape index (κ1) is 17.0. The van der Waals surface area contributed by atoms with E-state index in [1.54, 1.807) is 16.9 Å². The number of aromatic nitrogens is 2. The fourth-order valence-electron chi connectivity index (χ4n) is 2.26. The molecule has 1 aromatic carbocycles. The van der Waals surface area contributed by atoms with Crippen molar-refractivity contribution in [2.24, 2.45) is 0 Å². The maximum absolute atomic E-state index is 11.9. The molecule has 2 unspecified atom stereocenters. The van der Waals surface area contributed by atoms with Gasteiger partial charge in [-0.2, -0.15) is 5.10 Å². The van der Waals surface area contributed by atoms with Gasteiger partial charge in [0.2, 0.25) is 0 Å². The molecule has 0 bridgehead atoms. The van der Waals surface area contributed by atoms with Crippen molar-refractivity contribution >= 4 is 11.8 Å². The smallest absolute Gasteiger partial charge is 0.320 e. The van der Waals surface area contributed by atoms with E-state index in [0.29, 0.717) is 18.8 Å². The van der Waals surface area contributed by atoms with Crippen LogP contribution in [0.5, 0.6) is 0 Å². The summed E-state index contributed by atoms with van der Waals surface area (Å²) in [5, 5.41) is 19.8. The minimum Gasteiger partial charge on any atom is -0.388 e. The highest BCUT2D eigenvalue weighted by Crippen LogP contribution is 2.17. The van der Waals surface area contributed by atoms with Gasteiger partial charge in [-0.15, -0.1) is 0 Å². The SMILES string of the molecule is CCC(C)n1nccc1NC(=O)NCCC(O)c1ccccc1. The first-order chi connectivity index (χ1) is 11.1. The molecule has 2 amide bonds.